The van der Waals surface area contributed by atoms with E-state index in [1.807, 2.05) is 4.68 Å². The van der Waals surface area contributed by atoms with Crippen molar-refractivity contribution >= 4 is 9.84 Å². The predicted octanol–water partition coefficient (Wildman–Crippen LogP) is 0.695. The zero-order valence-corrected chi connectivity index (χ0v) is 14.1. The van der Waals surface area contributed by atoms with Crippen LogP contribution in [0.4, 0.5) is 0 Å². The summed E-state index contributed by atoms with van der Waals surface area (Å²) < 4.78 is 26.9. The molecule has 1 aliphatic rings. The molecule has 1 aliphatic heterocycles. The second-order valence-electron chi connectivity index (χ2n) is 6.09. The Morgan fingerprint density at radius 1 is 1.39 bits per heavy atom. The van der Waals surface area contributed by atoms with E-state index >= 15 is 0 Å². The molecule has 0 N–H and O–H groups in total. The summed E-state index contributed by atoms with van der Waals surface area (Å²) in [5.41, 5.74) is 0. The van der Waals surface area contributed by atoms with Gasteiger partial charge in [0.1, 0.15) is 25.0 Å². The van der Waals surface area contributed by atoms with Gasteiger partial charge in [-0.15, -0.1) is 0 Å². The third-order valence-corrected chi connectivity index (χ3v) is 5.92. The maximum atomic E-state index is 11.6. The molecule has 1 atom stereocenters. The largest absolute Gasteiger partial charge is 0.250 e. The van der Waals surface area contributed by atoms with E-state index in [1.165, 1.54) is 6.33 Å². The molecule has 9 heteroatoms. The highest BCUT2D eigenvalue weighted by molar-refractivity contribution is 7.91. The van der Waals surface area contributed by atoms with E-state index in [0.717, 1.165) is 31.6 Å². The molecule has 0 aliphatic carbocycles. The van der Waals surface area contributed by atoms with Gasteiger partial charge in [0.2, 0.25) is 0 Å². The fraction of sp³-hybridized carbons (Fsp3) is 0.714. The number of hydrogen-bond donors (Lipinski definition) is 0. The molecule has 126 valence electrons. The molecule has 0 unspecified atom stereocenters. The lowest BCUT2D eigenvalue weighted by molar-refractivity contribution is 0.499. The number of aromatic nitrogens is 6. The molecular formula is C14H22N6O2S. The van der Waals surface area contributed by atoms with Crippen LogP contribution in [-0.2, 0) is 29.3 Å². The highest BCUT2D eigenvalue weighted by atomic mass is 32.2. The summed E-state index contributed by atoms with van der Waals surface area (Å²) in [6, 6.07) is 0. The zero-order chi connectivity index (χ0) is 16.3. The second-order valence-corrected chi connectivity index (χ2v) is 8.32. The average molecular weight is 338 g/mol. The van der Waals surface area contributed by atoms with Gasteiger partial charge in [0.25, 0.3) is 0 Å². The van der Waals surface area contributed by atoms with Crippen molar-refractivity contribution in [3.63, 3.8) is 0 Å². The number of nitrogens with zero attached hydrogens (tertiary/aromatic N) is 6. The standard InChI is InChI=1S/C14H22N6O2S/c1-2-3-5-20-14(7-12-4-6-23(21,22)9-12)17-13(18-20)8-19-11-15-10-16-19/h10-12H,2-9H2,1H3/t12-/m1/s1. The third-order valence-electron chi connectivity index (χ3n) is 4.08. The topological polar surface area (TPSA) is 95.6 Å². The van der Waals surface area contributed by atoms with Crippen molar-refractivity contribution in [2.45, 2.75) is 45.7 Å². The van der Waals surface area contributed by atoms with E-state index in [4.69, 9.17) is 0 Å². The van der Waals surface area contributed by atoms with Gasteiger partial charge in [0.05, 0.1) is 11.5 Å². The molecule has 23 heavy (non-hydrogen) atoms. The molecular weight excluding hydrogens is 316 g/mol. The molecule has 2 aromatic rings. The minimum Gasteiger partial charge on any atom is -0.250 e. The Balaban J connectivity index is 1.75. The highest BCUT2D eigenvalue weighted by Gasteiger charge is 2.29. The summed E-state index contributed by atoms with van der Waals surface area (Å²) in [6.07, 6.45) is 6.63. The summed E-state index contributed by atoms with van der Waals surface area (Å²) in [7, 11) is -2.86. The fourth-order valence-electron chi connectivity index (χ4n) is 2.88. The van der Waals surface area contributed by atoms with Crippen molar-refractivity contribution in [1.29, 1.82) is 0 Å². The summed E-state index contributed by atoms with van der Waals surface area (Å²) in [6.45, 7) is 3.43. The van der Waals surface area contributed by atoms with Crippen LogP contribution < -0.4 is 0 Å². The van der Waals surface area contributed by atoms with Crippen LogP contribution in [0.15, 0.2) is 12.7 Å². The predicted molar refractivity (Wildman–Crippen MR) is 84.5 cm³/mol. The number of aryl methyl sites for hydroxylation is 1. The van der Waals surface area contributed by atoms with Gasteiger partial charge in [-0.3, -0.25) is 0 Å². The van der Waals surface area contributed by atoms with Gasteiger partial charge < -0.3 is 0 Å². The maximum Gasteiger partial charge on any atom is 0.172 e. The van der Waals surface area contributed by atoms with Crippen molar-refractivity contribution in [3.05, 3.63) is 24.3 Å². The normalized spacial score (nSPS) is 20.1. The fourth-order valence-corrected chi connectivity index (χ4v) is 4.74. The first-order chi connectivity index (χ1) is 11.1. The van der Waals surface area contributed by atoms with Crippen molar-refractivity contribution in [2.24, 2.45) is 5.92 Å². The molecule has 0 aromatic carbocycles. The summed E-state index contributed by atoms with van der Waals surface area (Å²) in [5, 5.41) is 8.64. The molecule has 1 fully saturated rings. The second kappa shape index (κ2) is 6.77. The van der Waals surface area contributed by atoms with Crippen LogP contribution in [0.5, 0.6) is 0 Å². The Labute approximate surface area is 135 Å². The van der Waals surface area contributed by atoms with Crippen LogP contribution in [0.2, 0.25) is 0 Å². The Bertz CT molecular complexity index is 737. The molecule has 0 spiro atoms. The van der Waals surface area contributed by atoms with Gasteiger partial charge in [-0.05, 0) is 18.8 Å². The SMILES string of the molecule is CCCCn1nc(Cn2cncn2)nc1C[C@H]1CCS(=O)(=O)C1. The van der Waals surface area contributed by atoms with Crippen LogP contribution in [0.3, 0.4) is 0 Å². The lowest BCUT2D eigenvalue weighted by Crippen LogP contribution is -2.13. The zero-order valence-electron chi connectivity index (χ0n) is 13.3. The number of rotatable bonds is 7. The lowest BCUT2D eigenvalue weighted by Gasteiger charge is -2.08. The summed E-state index contributed by atoms with van der Waals surface area (Å²) in [5.74, 6) is 2.31. The van der Waals surface area contributed by atoms with Crippen LogP contribution in [0.25, 0.3) is 0 Å². The minimum atomic E-state index is -2.86. The first-order valence-electron chi connectivity index (χ1n) is 8.01. The molecule has 8 nitrogen and oxygen atoms in total. The van der Waals surface area contributed by atoms with E-state index < -0.39 is 9.84 Å². The maximum absolute atomic E-state index is 11.6. The van der Waals surface area contributed by atoms with Crippen molar-refractivity contribution in [3.8, 4) is 0 Å². The Hall–Kier alpha value is -1.77. The van der Waals surface area contributed by atoms with E-state index in [-0.39, 0.29) is 11.7 Å². The first kappa shape index (κ1) is 16.1. The van der Waals surface area contributed by atoms with Crippen LogP contribution >= 0.6 is 0 Å². The Morgan fingerprint density at radius 3 is 2.91 bits per heavy atom. The van der Waals surface area contributed by atoms with E-state index in [9.17, 15) is 8.42 Å². The average Bonchev–Trinajstić information content (AvgIpc) is 3.20. The van der Waals surface area contributed by atoms with Gasteiger partial charge in [-0.1, -0.05) is 13.3 Å². The van der Waals surface area contributed by atoms with Gasteiger partial charge in [-0.25, -0.2) is 27.7 Å². The van der Waals surface area contributed by atoms with Gasteiger partial charge >= 0.3 is 0 Å². The van der Waals surface area contributed by atoms with Crippen molar-refractivity contribution in [2.75, 3.05) is 11.5 Å². The molecule has 1 saturated heterocycles. The number of sulfone groups is 1. The monoisotopic (exact) mass is 338 g/mol. The van der Waals surface area contributed by atoms with Crippen LogP contribution in [0.1, 0.15) is 37.8 Å². The molecule has 0 radical (unpaired) electrons. The summed E-state index contributed by atoms with van der Waals surface area (Å²) >= 11 is 0. The highest BCUT2D eigenvalue weighted by Crippen LogP contribution is 2.22. The minimum absolute atomic E-state index is 0.156. The van der Waals surface area contributed by atoms with Gasteiger partial charge in [-0.2, -0.15) is 10.2 Å². The Morgan fingerprint density at radius 2 is 2.26 bits per heavy atom. The molecule has 0 amide bonds. The van der Waals surface area contributed by atoms with Gasteiger partial charge in [0.15, 0.2) is 15.7 Å². The molecule has 3 heterocycles. The number of hydrogen-bond acceptors (Lipinski definition) is 6. The van der Waals surface area contributed by atoms with Crippen molar-refractivity contribution in [1.82, 2.24) is 29.5 Å². The van der Waals surface area contributed by atoms with Gasteiger partial charge in [0, 0.05) is 13.0 Å². The van der Waals surface area contributed by atoms with E-state index in [2.05, 4.69) is 27.1 Å². The first-order valence-corrected chi connectivity index (χ1v) is 9.83. The van der Waals surface area contributed by atoms with E-state index in [0.29, 0.717) is 24.5 Å². The van der Waals surface area contributed by atoms with Crippen LogP contribution in [-0.4, -0.2) is 49.5 Å². The molecule has 2 aromatic heterocycles. The summed E-state index contributed by atoms with van der Waals surface area (Å²) in [4.78, 5) is 8.54. The molecule has 3 rings (SSSR count). The number of unbranched alkanes of at least 4 members (excludes halogenated alkanes) is 1. The third kappa shape index (κ3) is 4.15. The Kier molecular flexibility index (Phi) is 4.74. The lowest BCUT2D eigenvalue weighted by atomic mass is 10.1. The molecule has 0 bridgehead atoms. The van der Waals surface area contributed by atoms with Crippen molar-refractivity contribution < 1.29 is 8.42 Å². The van der Waals surface area contributed by atoms with Crippen LogP contribution in [0, 0.1) is 5.92 Å². The smallest absolute Gasteiger partial charge is 0.172 e. The van der Waals surface area contributed by atoms with E-state index in [1.54, 1.807) is 11.0 Å². The molecule has 0 saturated carbocycles. The quantitative estimate of drug-likeness (QED) is 0.737.